The third-order valence-corrected chi connectivity index (χ3v) is 6.16. The highest BCUT2D eigenvalue weighted by Crippen LogP contribution is 2.30. The number of thioether (sulfide) groups is 1. The minimum absolute atomic E-state index is 0.0408. The van der Waals surface area contributed by atoms with Gasteiger partial charge in [-0.2, -0.15) is 0 Å². The average Bonchev–Trinajstić information content (AvgIpc) is 3.18. The summed E-state index contributed by atoms with van der Waals surface area (Å²) in [6.45, 7) is 0. The van der Waals surface area contributed by atoms with Gasteiger partial charge >= 0.3 is 0 Å². The van der Waals surface area contributed by atoms with Crippen LogP contribution in [-0.2, 0) is 11.2 Å². The molecule has 2 atom stereocenters. The van der Waals surface area contributed by atoms with Crippen LogP contribution in [0.3, 0.4) is 0 Å². The zero-order valence-corrected chi connectivity index (χ0v) is 15.4. The molecule has 0 bridgehead atoms. The first-order valence-corrected chi connectivity index (χ1v) is 10.2. The van der Waals surface area contributed by atoms with Crippen molar-refractivity contribution in [2.45, 2.75) is 31.3 Å². The van der Waals surface area contributed by atoms with Gasteiger partial charge in [-0.1, -0.05) is 42.5 Å². The maximum atomic E-state index is 13.0. The van der Waals surface area contributed by atoms with Crippen LogP contribution in [0.5, 0.6) is 0 Å². The van der Waals surface area contributed by atoms with Crippen molar-refractivity contribution in [2.24, 2.45) is 0 Å². The molecule has 0 radical (unpaired) electrons. The summed E-state index contributed by atoms with van der Waals surface area (Å²) in [5, 5.41) is 3.21. The number of carbonyl (C=O) groups excluding carboxylic acids is 2. The number of amides is 2. The largest absolute Gasteiger partial charge is 0.347 e. The second-order valence-electron chi connectivity index (χ2n) is 6.81. The molecule has 1 aliphatic heterocycles. The van der Waals surface area contributed by atoms with Crippen molar-refractivity contribution in [3.63, 3.8) is 0 Å². The normalized spacial score (nSPS) is 21.9. The fourth-order valence-corrected chi connectivity index (χ4v) is 4.93. The number of hydrogen-bond donors (Lipinski definition) is 1. The van der Waals surface area contributed by atoms with Gasteiger partial charge in [0.2, 0.25) is 5.91 Å². The fraction of sp³-hybridized carbons (Fsp3) is 0.333. The molecular formula is C21H22N2O2S. The highest BCUT2D eigenvalue weighted by atomic mass is 32.2. The van der Waals surface area contributed by atoms with Crippen molar-refractivity contribution >= 4 is 23.6 Å². The van der Waals surface area contributed by atoms with Gasteiger partial charge in [-0.05, 0) is 42.5 Å². The van der Waals surface area contributed by atoms with Gasteiger partial charge in [-0.25, -0.2) is 0 Å². The van der Waals surface area contributed by atoms with Gasteiger partial charge in [0.1, 0.15) is 6.04 Å². The smallest absolute Gasteiger partial charge is 0.255 e. The van der Waals surface area contributed by atoms with Gasteiger partial charge in [0.25, 0.3) is 5.91 Å². The van der Waals surface area contributed by atoms with E-state index in [4.69, 9.17) is 0 Å². The second-order valence-corrected chi connectivity index (χ2v) is 7.81. The Bertz CT molecular complexity index is 809. The van der Waals surface area contributed by atoms with Crippen molar-refractivity contribution in [2.75, 3.05) is 11.6 Å². The Morgan fingerprint density at radius 2 is 1.81 bits per heavy atom. The molecule has 1 saturated heterocycles. The number of carbonyl (C=O) groups is 2. The van der Waals surface area contributed by atoms with Crippen LogP contribution in [-0.4, -0.2) is 34.4 Å². The van der Waals surface area contributed by atoms with Crippen LogP contribution in [0.1, 0.15) is 40.4 Å². The van der Waals surface area contributed by atoms with Crippen LogP contribution in [0.15, 0.2) is 54.6 Å². The summed E-state index contributed by atoms with van der Waals surface area (Å²) in [5.74, 6) is 1.10. The number of rotatable bonds is 3. The third kappa shape index (κ3) is 3.36. The molecule has 2 aliphatic rings. The number of hydrogen-bond acceptors (Lipinski definition) is 3. The maximum absolute atomic E-state index is 13.0. The molecule has 0 saturated carbocycles. The summed E-state index contributed by atoms with van der Waals surface area (Å²) in [7, 11) is 0. The van der Waals surface area contributed by atoms with Crippen LogP contribution in [0.25, 0.3) is 0 Å². The lowest BCUT2D eigenvalue weighted by atomic mass is 9.87. The molecule has 0 spiro atoms. The molecule has 2 amide bonds. The standard InChI is InChI=1S/C21H22N2O2S/c24-20(22-18-12-6-10-15-7-4-5-11-17(15)18)19-13-26-14-23(19)21(25)16-8-2-1-3-9-16/h1-5,7-9,11,18-19H,6,10,12-14H2,(H,22,24)/t18-,19-/m1/s1. The molecular weight excluding hydrogens is 344 g/mol. The number of nitrogens with one attached hydrogen (secondary N) is 1. The molecule has 5 heteroatoms. The predicted molar refractivity (Wildman–Crippen MR) is 104 cm³/mol. The van der Waals surface area contributed by atoms with E-state index in [9.17, 15) is 9.59 Å². The Kier molecular flexibility index (Phi) is 4.98. The lowest BCUT2D eigenvalue weighted by Gasteiger charge is -2.29. The molecule has 0 unspecified atom stereocenters. The summed E-state index contributed by atoms with van der Waals surface area (Å²) in [4.78, 5) is 27.4. The molecule has 1 fully saturated rings. The number of nitrogens with zero attached hydrogens (tertiary/aromatic N) is 1. The number of aryl methyl sites for hydroxylation is 1. The van der Waals surface area contributed by atoms with E-state index < -0.39 is 6.04 Å². The van der Waals surface area contributed by atoms with Crippen molar-refractivity contribution in [1.82, 2.24) is 10.2 Å². The first kappa shape index (κ1) is 17.2. The SMILES string of the molecule is O=C(N[C@@H]1CCCc2ccccc21)[C@H]1CSCN1C(=O)c1ccccc1. The summed E-state index contributed by atoms with van der Waals surface area (Å²) in [6, 6.07) is 17.2. The van der Waals surface area contributed by atoms with Crippen molar-refractivity contribution in [1.29, 1.82) is 0 Å². The van der Waals surface area contributed by atoms with Crippen LogP contribution >= 0.6 is 11.8 Å². The van der Waals surface area contributed by atoms with Crippen LogP contribution in [0.2, 0.25) is 0 Å². The minimum Gasteiger partial charge on any atom is -0.347 e. The Morgan fingerprint density at radius 1 is 1.04 bits per heavy atom. The van der Waals surface area contributed by atoms with E-state index in [1.807, 2.05) is 24.3 Å². The van der Waals surface area contributed by atoms with E-state index in [0.29, 0.717) is 17.2 Å². The first-order chi connectivity index (χ1) is 12.7. The van der Waals surface area contributed by atoms with Gasteiger partial charge in [0.05, 0.1) is 11.9 Å². The topological polar surface area (TPSA) is 49.4 Å². The molecule has 4 nitrogen and oxygen atoms in total. The predicted octanol–water partition coefficient (Wildman–Crippen LogP) is 3.40. The Hall–Kier alpha value is -2.27. The van der Waals surface area contributed by atoms with Gasteiger partial charge in [-0.3, -0.25) is 9.59 Å². The summed E-state index contributed by atoms with van der Waals surface area (Å²) in [5.41, 5.74) is 3.18. The summed E-state index contributed by atoms with van der Waals surface area (Å²) < 4.78 is 0. The number of fused-ring (bicyclic) bond motifs is 1. The molecule has 1 heterocycles. The zero-order valence-electron chi connectivity index (χ0n) is 14.6. The molecule has 1 N–H and O–H groups in total. The van der Waals surface area contributed by atoms with Crippen LogP contribution in [0, 0.1) is 0 Å². The zero-order chi connectivity index (χ0) is 17.9. The third-order valence-electron chi connectivity index (χ3n) is 5.15. The molecule has 2 aromatic carbocycles. The highest BCUT2D eigenvalue weighted by Gasteiger charge is 2.36. The minimum atomic E-state index is -0.401. The second kappa shape index (κ2) is 7.54. The lowest BCUT2D eigenvalue weighted by molar-refractivity contribution is -0.125. The van der Waals surface area contributed by atoms with E-state index >= 15 is 0 Å². The number of benzene rings is 2. The Morgan fingerprint density at radius 3 is 2.65 bits per heavy atom. The lowest BCUT2D eigenvalue weighted by Crippen LogP contribution is -2.48. The molecule has 134 valence electrons. The van der Waals surface area contributed by atoms with E-state index in [2.05, 4.69) is 23.5 Å². The van der Waals surface area contributed by atoms with Crippen LogP contribution < -0.4 is 5.32 Å². The van der Waals surface area contributed by atoms with E-state index in [1.54, 1.807) is 28.8 Å². The monoisotopic (exact) mass is 366 g/mol. The van der Waals surface area contributed by atoms with Gasteiger partial charge in [-0.15, -0.1) is 11.8 Å². The highest BCUT2D eigenvalue weighted by molar-refractivity contribution is 7.99. The van der Waals surface area contributed by atoms with Gasteiger partial charge < -0.3 is 10.2 Å². The van der Waals surface area contributed by atoms with E-state index in [-0.39, 0.29) is 17.9 Å². The summed E-state index contributed by atoms with van der Waals surface area (Å²) >= 11 is 1.63. The Balaban J connectivity index is 1.49. The molecule has 26 heavy (non-hydrogen) atoms. The van der Waals surface area contributed by atoms with E-state index in [1.165, 1.54) is 11.1 Å². The molecule has 4 rings (SSSR count). The molecule has 0 aromatic heterocycles. The van der Waals surface area contributed by atoms with Crippen LogP contribution in [0.4, 0.5) is 0 Å². The average molecular weight is 366 g/mol. The van der Waals surface area contributed by atoms with Gasteiger partial charge in [0.15, 0.2) is 0 Å². The van der Waals surface area contributed by atoms with Gasteiger partial charge in [0, 0.05) is 11.3 Å². The molecule has 1 aliphatic carbocycles. The van der Waals surface area contributed by atoms with Crippen molar-refractivity contribution in [3.8, 4) is 0 Å². The van der Waals surface area contributed by atoms with E-state index in [0.717, 1.165) is 19.3 Å². The summed E-state index contributed by atoms with van der Waals surface area (Å²) in [6.07, 6.45) is 3.10. The maximum Gasteiger partial charge on any atom is 0.255 e. The fourth-order valence-electron chi connectivity index (χ4n) is 3.78. The quantitative estimate of drug-likeness (QED) is 0.906. The molecule has 2 aromatic rings. The Labute approximate surface area is 158 Å². The van der Waals surface area contributed by atoms with Crippen molar-refractivity contribution < 1.29 is 9.59 Å². The first-order valence-electron chi connectivity index (χ1n) is 9.06. The van der Waals surface area contributed by atoms with Crippen molar-refractivity contribution in [3.05, 3.63) is 71.3 Å².